The molecule has 2 N–H and O–H groups in total. The highest BCUT2D eigenvalue weighted by Gasteiger charge is 2.18. The summed E-state index contributed by atoms with van der Waals surface area (Å²) >= 11 is 6.25. The maximum atomic E-state index is 6.25. The van der Waals surface area contributed by atoms with Crippen molar-refractivity contribution in [1.29, 1.82) is 0 Å². The van der Waals surface area contributed by atoms with E-state index in [0.29, 0.717) is 11.0 Å². The van der Waals surface area contributed by atoms with Crippen LogP contribution in [0, 0.1) is 0 Å². The molecule has 0 atom stereocenters. The number of fused-ring (bicyclic) bond motifs is 1. The van der Waals surface area contributed by atoms with Crippen LogP contribution in [0.1, 0.15) is 19.3 Å². The van der Waals surface area contributed by atoms with Crippen molar-refractivity contribution in [1.82, 2.24) is 9.66 Å². The van der Waals surface area contributed by atoms with E-state index in [1.807, 2.05) is 22.9 Å². The number of aromatic nitrogens is 2. The lowest BCUT2D eigenvalue weighted by Crippen LogP contribution is -2.39. The Labute approximate surface area is 105 Å². The molecule has 0 spiro atoms. The topological polar surface area (TPSA) is 47.1 Å². The molecule has 0 amide bonds. The average Bonchev–Trinajstić information content (AvgIpc) is 2.68. The largest absolute Gasteiger partial charge is 0.368 e. The third kappa shape index (κ3) is 1.72. The highest BCUT2D eigenvalue weighted by molar-refractivity contribution is 6.35. The summed E-state index contributed by atoms with van der Waals surface area (Å²) in [7, 11) is 0. The molecule has 3 rings (SSSR count). The van der Waals surface area contributed by atoms with E-state index < -0.39 is 0 Å². The molecule has 0 saturated carbocycles. The van der Waals surface area contributed by atoms with Crippen molar-refractivity contribution in [3.63, 3.8) is 0 Å². The number of nitrogen functional groups attached to an aromatic ring is 1. The molecule has 0 aliphatic carbocycles. The lowest BCUT2D eigenvalue weighted by atomic mass is 10.2. The van der Waals surface area contributed by atoms with Crippen LogP contribution in [0.2, 0.25) is 5.02 Å². The number of para-hydroxylation sites is 1. The van der Waals surface area contributed by atoms with Gasteiger partial charge in [0.1, 0.15) is 5.52 Å². The van der Waals surface area contributed by atoms with Gasteiger partial charge in [0.15, 0.2) is 0 Å². The first kappa shape index (κ1) is 10.7. The standard InChI is InChI=1S/C12H15ClN4/c13-9-5-4-6-10-11(9)17(12(14)15-10)16-7-2-1-3-8-16/h4-6H,1-3,7-8H2,(H2,14,15). The van der Waals surface area contributed by atoms with E-state index in [9.17, 15) is 0 Å². The number of halogens is 1. The summed E-state index contributed by atoms with van der Waals surface area (Å²) < 4.78 is 1.97. The first-order valence-electron chi connectivity index (χ1n) is 5.95. The van der Waals surface area contributed by atoms with E-state index in [4.69, 9.17) is 17.3 Å². The number of benzene rings is 1. The second kappa shape index (κ2) is 4.11. The summed E-state index contributed by atoms with van der Waals surface area (Å²) in [6.07, 6.45) is 3.68. The molecular weight excluding hydrogens is 236 g/mol. The fourth-order valence-corrected chi connectivity index (χ4v) is 2.70. The van der Waals surface area contributed by atoms with Gasteiger partial charge in [-0.1, -0.05) is 17.7 Å². The predicted octanol–water partition coefficient (Wildman–Crippen LogP) is 2.39. The van der Waals surface area contributed by atoms with Crippen molar-refractivity contribution in [2.24, 2.45) is 0 Å². The molecule has 1 aromatic heterocycles. The summed E-state index contributed by atoms with van der Waals surface area (Å²) in [6.45, 7) is 2.03. The summed E-state index contributed by atoms with van der Waals surface area (Å²) in [5.41, 5.74) is 7.79. The normalized spacial score (nSPS) is 16.6. The average molecular weight is 251 g/mol. The maximum absolute atomic E-state index is 6.25. The third-order valence-electron chi connectivity index (χ3n) is 3.24. The van der Waals surface area contributed by atoms with Crippen LogP contribution in [0.3, 0.4) is 0 Å². The molecule has 1 fully saturated rings. The molecule has 0 radical (unpaired) electrons. The van der Waals surface area contributed by atoms with Crippen LogP contribution in [0.25, 0.3) is 11.0 Å². The minimum Gasteiger partial charge on any atom is -0.368 e. The zero-order chi connectivity index (χ0) is 11.8. The van der Waals surface area contributed by atoms with Gasteiger partial charge in [-0.3, -0.25) is 0 Å². The van der Waals surface area contributed by atoms with Gasteiger partial charge in [-0.05, 0) is 31.4 Å². The Bertz CT molecular complexity index is 543. The molecule has 4 nitrogen and oxygen atoms in total. The number of nitrogens with two attached hydrogens (primary N) is 1. The van der Waals surface area contributed by atoms with Crippen LogP contribution in [0.15, 0.2) is 18.2 Å². The van der Waals surface area contributed by atoms with Crippen LogP contribution in [-0.2, 0) is 0 Å². The molecule has 5 heteroatoms. The molecule has 1 aromatic carbocycles. The fourth-order valence-electron chi connectivity index (χ4n) is 2.45. The lowest BCUT2D eigenvalue weighted by molar-refractivity contribution is 0.489. The molecule has 1 saturated heterocycles. The SMILES string of the molecule is Nc1nc2cccc(Cl)c2n1N1CCCCC1. The lowest BCUT2D eigenvalue weighted by Gasteiger charge is -2.30. The Hall–Kier alpha value is -1.42. The van der Waals surface area contributed by atoms with Crippen LogP contribution in [0.4, 0.5) is 5.95 Å². The van der Waals surface area contributed by atoms with Crippen molar-refractivity contribution in [3.05, 3.63) is 23.2 Å². The maximum Gasteiger partial charge on any atom is 0.220 e. The van der Waals surface area contributed by atoms with E-state index in [-0.39, 0.29) is 0 Å². The fraction of sp³-hybridized carbons (Fsp3) is 0.417. The molecule has 1 aliphatic rings. The molecule has 0 bridgehead atoms. The minimum absolute atomic E-state index is 0.523. The number of hydrogen-bond acceptors (Lipinski definition) is 3. The van der Waals surface area contributed by atoms with Crippen LogP contribution in [0.5, 0.6) is 0 Å². The first-order valence-corrected chi connectivity index (χ1v) is 6.33. The number of hydrogen-bond donors (Lipinski definition) is 1. The van der Waals surface area contributed by atoms with Gasteiger partial charge in [0.2, 0.25) is 5.95 Å². The number of nitrogens with zero attached hydrogens (tertiary/aromatic N) is 3. The second-order valence-corrected chi connectivity index (χ2v) is 4.81. The van der Waals surface area contributed by atoms with Crippen LogP contribution < -0.4 is 10.7 Å². The highest BCUT2D eigenvalue weighted by atomic mass is 35.5. The molecular formula is C12H15ClN4. The molecule has 90 valence electrons. The molecule has 2 aromatic rings. The van der Waals surface area contributed by atoms with Crippen LogP contribution in [-0.4, -0.2) is 22.7 Å². The van der Waals surface area contributed by atoms with Gasteiger partial charge in [0.05, 0.1) is 10.5 Å². The van der Waals surface area contributed by atoms with Crippen molar-refractivity contribution < 1.29 is 0 Å². The number of imidazole rings is 1. The summed E-state index contributed by atoms with van der Waals surface area (Å²) in [5, 5.41) is 2.94. The van der Waals surface area contributed by atoms with E-state index in [1.54, 1.807) is 0 Å². The van der Waals surface area contributed by atoms with Gasteiger partial charge in [-0.15, -0.1) is 0 Å². The Kier molecular flexibility index (Phi) is 2.59. The zero-order valence-electron chi connectivity index (χ0n) is 9.56. The van der Waals surface area contributed by atoms with Gasteiger partial charge < -0.3 is 10.7 Å². The number of rotatable bonds is 1. The van der Waals surface area contributed by atoms with Gasteiger partial charge in [-0.2, -0.15) is 0 Å². The van der Waals surface area contributed by atoms with E-state index >= 15 is 0 Å². The Morgan fingerprint density at radius 3 is 2.71 bits per heavy atom. The third-order valence-corrected chi connectivity index (χ3v) is 3.55. The first-order chi connectivity index (χ1) is 8.27. The quantitative estimate of drug-likeness (QED) is 0.846. The van der Waals surface area contributed by atoms with Gasteiger partial charge in [-0.25, -0.2) is 9.66 Å². The number of anilines is 1. The Morgan fingerprint density at radius 1 is 1.18 bits per heavy atom. The van der Waals surface area contributed by atoms with Crippen molar-refractivity contribution in [2.45, 2.75) is 19.3 Å². The monoisotopic (exact) mass is 250 g/mol. The van der Waals surface area contributed by atoms with E-state index in [2.05, 4.69) is 9.99 Å². The Balaban J connectivity index is 2.16. The molecule has 1 aliphatic heterocycles. The number of piperidine rings is 1. The van der Waals surface area contributed by atoms with Crippen molar-refractivity contribution >= 4 is 28.6 Å². The van der Waals surface area contributed by atoms with E-state index in [0.717, 1.165) is 24.1 Å². The van der Waals surface area contributed by atoms with Crippen molar-refractivity contribution in [2.75, 3.05) is 23.8 Å². The summed E-state index contributed by atoms with van der Waals surface area (Å²) in [6, 6.07) is 5.72. The smallest absolute Gasteiger partial charge is 0.220 e. The van der Waals surface area contributed by atoms with Crippen molar-refractivity contribution in [3.8, 4) is 0 Å². The minimum atomic E-state index is 0.523. The molecule has 0 unspecified atom stereocenters. The predicted molar refractivity (Wildman–Crippen MR) is 71.0 cm³/mol. The zero-order valence-corrected chi connectivity index (χ0v) is 10.3. The van der Waals surface area contributed by atoms with Crippen LogP contribution >= 0.6 is 11.6 Å². The molecule has 2 heterocycles. The van der Waals surface area contributed by atoms with Gasteiger partial charge in [0.25, 0.3) is 0 Å². The van der Waals surface area contributed by atoms with E-state index in [1.165, 1.54) is 19.3 Å². The van der Waals surface area contributed by atoms with Gasteiger partial charge >= 0.3 is 0 Å². The summed E-state index contributed by atoms with van der Waals surface area (Å²) in [5.74, 6) is 0.523. The molecule has 17 heavy (non-hydrogen) atoms. The Morgan fingerprint density at radius 2 is 1.94 bits per heavy atom. The highest BCUT2D eigenvalue weighted by Crippen LogP contribution is 2.26. The second-order valence-electron chi connectivity index (χ2n) is 4.40. The van der Waals surface area contributed by atoms with Gasteiger partial charge in [0, 0.05) is 13.1 Å². The summed E-state index contributed by atoms with van der Waals surface area (Å²) in [4.78, 5) is 4.36.